The Morgan fingerprint density at radius 2 is 1.88 bits per heavy atom. The average molecular weight is 452 g/mol. The maximum atomic E-state index is 12.7. The lowest BCUT2D eigenvalue weighted by Gasteiger charge is -2.30. The molecular weight excluding hydrogens is 426 g/mol. The number of aromatic nitrogens is 4. The van der Waals surface area contributed by atoms with Gasteiger partial charge in [0.25, 0.3) is 0 Å². The third-order valence-electron chi connectivity index (χ3n) is 6.29. The van der Waals surface area contributed by atoms with Crippen molar-refractivity contribution in [3.63, 3.8) is 0 Å². The van der Waals surface area contributed by atoms with Crippen LogP contribution in [0.15, 0.2) is 36.8 Å². The summed E-state index contributed by atoms with van der Waals surface area (Å²) in [5.74, 6) is 1.65. The van der Waals surface area contributed by atoms with E-state index in [1.807, 2.05) is 29.2 Å². The molecule has 32 heavy (non-hydrogen) atoms. The van der Waals surface area contributed by atoms with Gasteiger partial charge < -0.3 is 15.5 Å². The van der Waals surface area contributed by atoms with Crippen LogP contribution < -0.4 is 10.6 Å². The summed E-state index contributed by atoms with van der Waals surface area (Å²) >= 11 is 6.10. The first-order chi connectivity index (χ1) is 15.7. The predicted octanol–water partition coefficient (Wildman–Crippen LogP) is 4.41. The predicted molar refractivity (Wildman–Crippen MR) is 125 cm³/mol. The quantitative estimate of drug-likeness (QED) is 0.593. The SMILES string of the molecule is O=C(C1CCC(Nc2ncc3ncnc(Nc4cccc(Cl)c4)c3n2)CC1)N1CCCC1. The van der Waals surface area contributed by atoms with Crippen LogP contribution in [0, 0.1) is 5.92 Å². The second-order valence-corrected chi connectivity index (χ2v) is 8.95. The molecule has 1 aliphatic heterocycles. The Hall–Kier alpha value is -3.00. The number of halogens is 1. The second-order valence-electron chi connectivity index (χ2n) is 8.51. The van der Waals surface area contributed by atoms with E-state index >= 15 is 0 Å². The Morgan fingerprint density at radius 3 is 2.66 bits per heavy atom. The summed E-state index contributed by atoms with van der Waals surface area (Å²) in [6.07, 6.45) is 9.16. The van der Waals surface area contributed by atoms with Crippen LogP contribution in [0.2, 0.25) is 5.02 Å². The monoisotopic (exact) mass is 451 g/mol. The summed E-state index contributed by atoms with van der Waals surface area (Å²) in [5.41, 5.74) is 2.13. The number of benzene rings is 1. The molecule has 1 aliphatic carbocycles. The van der Waals surface area contributed by atoms with E-state index in [0.29, 0.717) is 33.7 Å². The van der Waals surface area contributed by atoms with E-state index in [4.69, 9.17) is 11.6 Å². The third-order valence-corrected chi connectivity index (χ3v) is 6.53. The molecule has 3 heterocycles. The van der Waals surface area contributed by atoms with Crippen LogP contribution in [0.4, 0.5) is 17.5 Å². The molecule has 0 atom stereocenters. The molecule has 0 bridgehead atoms. The van der Waals surface area contributed by atoms with Crippen LogP contribution in [0.25, 0.3) is 11.0 Å². The minimum absolute atomic E-state index is 0.158. The number of likely N-dealkylation sites (tertiary alicyclic amines) is 1. The van der Waals surface area contributed by atoms with Crippen LogP contribution in [0.5, 0.6) is 0 Å². The van der Waals surface area contributed by atoms with Crippen LogP contribution in [0.3, 0.4) is 0 Å². The lowest BCUT2D eigenvalue weighted by Crippen LogP contribution is -2.37. The zero-order valence-corrected chi connectivity index (χ0v) is 18.6. The Balaban J connectivity index is 1.26. The fourth-order valence-electron chi connectivity index (χ4n) is 4.58. The fraction of sp³-hybridized carbons (Fsp3) is 0.435. The zero-order chi connectivity index (χ0) is 21.9. The van der Waals surface area contributed by atoms with Gasteiger partial charge in [-0.3, -0.25) is 4.79 Å². The van der Waals surface area contributed by atoms with Crippen molar-refractivity contribution in [3.8, 4) is 0 Å². The summed E-state index contributed by atoms with van der Waals surface area (Å²) < 4.78 is 0. The maximum Gasteiger partial charge on any atom is 0.225 e. The first-order valence-electron chi connectivity index (χ1n) is 11.2. The van der Waals surface area contributed by atoms with Crippen molar-refractivity contribution in [3.05, 3.63) is 41.8 Å². The van der Waals surface area contributed by atoms with Crippen LogP contribution >= 0.6 is 11.6 Å². The Kier molecular flexibility index (Phi) is 6.03. The van der Waals surface area contributed by atoms with E-state index in [2.05, 4.69) is 30.6 Å². The van der Waals surface area contributed by atoms with Crippen molar-refractivity contribution in [2.45, 2.75) is 44.6 Å². The number of hydrogen-bond donors (Lipinski definition) is 2. The molecule has 2 aliphatic rings. The van der Waals surface area contributed by atoms with Gasteiger partial charge in [-0.05, 0) is 56.7 Å². The average Bonchev–Trinajstić information content (AvgIpc) is 3.35. The lowest BCUT2D eigenvalue weighted by molar-refractivity contribution is -0.135. The number of carbonyl (C=O) groups excluding carboxylic acids is 1. The Bertz CT molecular complexity index is 1110. The molecule has 2 N–H and O–H groups in total. The van der Waals surface area contributed by atoms with Gasteiger partial charge in [-0.1, -0.05) is 17.7 Å². The van der Waals surface area contributed by atoms with Crippen molar-refractivity contribution >= 4 is 46.0 Å². The molecular formula is C23H26ClN7O. The van der Waals surface area contributed by atoms with Crippen molar-refractivity contribution in [2.24, 2.45) is 5.92 Å². The standard InChI is InChI=1S/C23H26ClN7O/c24-16-4-3-5-18(12-16)28-21-20-19(26-14-27-21)13-25-23(30-20)29-17-8-6-15(7-9-17)22(32)31-10-1-2-11-31/h3-5,12-15,17H,1-2,6-11H2,(H,25,29,30)(H,26,27,28). The number of nitrogens with one attached hydrogen (secondary N) is 2. The maximum absolute atomic E-state index is 12.7. The Morgan fingerprint density at radius 1 is 1.06 bits per heavy atom. The summed E-state index contributed by atoms with van der Waals surface area (Å²) in [6, 6.07) is 7.70. The van der Waals surface area contributed by atoms with Gasteiger partial charge in [-0.25, -0.2) is 19.9 Å². The van der Waals surface area contributed by atoms with Gasteiger partial charge in [0.15, 0.2) is 5.82 Å². The number of carbonyl (C=O) groups is 1. The summed E-state index contributed by atoms with van der Waals surface area (Å²) in [6.45, 7) is 1.85. The highest BCUT2D eigenvalue weighted by Gasteiger charge is 2.30. The molecule has 0 spiro atoms. The highest BCUT2D eigenvalue weighted by atomic mass is 35.5. The lowest BCUT2D eigenvalue weighted by atomic mass is 9.85. The van der Waals surface area contributed by atoms with Crippen LogP contribution in [-0.4, -0.2) is 49.9 Å². The van der Waals surface area contributed by atoms with E-state index in [0.717, 1.165) is 57.3 Å². The molecule has 9 heteroatoms. The summed E-state index contributed by atoms with van der Waals surface area (Å²) in [7, 11) is 0. The first kappa shape index (κ1) is 20.9. The van der Waals surface area contributed by atoms with Gasteiger partial charge in [-0.2, -0.15) is 0 Å². The molecule has 1 saturated heterocycles. The first-order valence-corrected chi connectivity index (χ1v) is 11.6. The molecule has 1 aromatic carbocycles. The van der Waals surface area contributed by atoms with E-state index in [9.17, 15) is 4.79 Å². The molecule has 3 aromatic rings. The Labute approximate surface area is 191 Å². The molecule has 5 rings (SSSR count). The minimum atomic E-state index is 0.158. The minimum Gasteiger partial charge on any atom is -0.351 e. The van der Waals surface area contributed by atoms with E-state index in [-0.39, 0.29) is 12.0 Å². The highest BCUT2D eigenvalue weighted by molar-refractivity contribution is 6.30. The third kappa shape index (κ3) is 4.60. The number of fused-ring (bicyclic) bond motifs is 1. The zero-order valence-electron chi connectivity index (χ0n) is 17.8. The second kappa shape index (κ2) is 9.24. The normalized spacial score (nSPS) is 21.0. The van der Waals surface area contributed by atoms with Gasteiger partial charge in [0.05, 0.1) is 6.20 Å². The summed E-state index contributed by atoms with van der Waals surface area (Å²) in [4.78, 5) is 32.5. The van der Waals surface area contributed by atoms with E-state index < -0.39 is 0 Å². The molecule has 0 unspecified atom stereocenters. The van der Waals surface area contributed by atoms with E-state index in [1.54, 1.807) is 6.20 Å². The molecule has 2 fully saturated rings. The molecule has 8 nitrogen and oxygen atoms in total. The molecule has 0 radical (unpaired) electrons. The van der Waals surface area contributed by atoms with Gasteiger partial charge in [0, 0.05) is 35.8 Å². The fourth-order valence-corrected chi connectivity index (χ4v) is 4.77. The van der Waals surface area contributed by atoms with Gasteiger partial charge in [-0.15, -0.1) is 0 Å². The van der Waals surface area contributed by atoms with Crippen molar-refractivity contribution < 1.29 is 4.79 Å². The van der Waals surface area contributed by atoms with Crippen LogP contribution in [0.1, 0.15) is 38.5 Å². The molecule has 166 valence electrons. The van der Waals surface area contributed by atoms with E-state index in [1.165, 1.54) is 6.33 Å². The number of nitrogens with zero attached hydrogens (tertiary/aromatic N) is 5. The molecule has 1 saturated carbocycles. The van der Waals surface area contributed by atoms with Crippen molar-refractivity contribution in [1.29, 1.82) is 0 Å². The topological polar surface area (TPSA) is 95.9 Å². The molecule has 1 amide bonds. The van der Waals surface area contributed by atoms with Crippen molar-refractivity contribution in [1.82, 2.24) is 24.8 Å². The summed E-state index contributed by atoms with van der Waals surface area (Å²) in [5, 5.41) is 7.36. The number of rotatable bonds is 5. The van der Waals surface area contributed by atoms with Gasteiger partial charge in [0.2, 0.25) is 11.9 Å². The highest BCUT2D eigenvalue weighted by Crippen LogP contribution is 2.29. The van der Waals surface area contributed by atoms with Crippen LogP contribution in [-0.2, 0) is 4.79 Å². The largest absolute Gasteiger partial charge is 0.351 e. The number of hydrogen-bond acceptors (Lipinski definition) is 7. The number of anilines is 3. The number of amides is 1. The van der Waals surface area contributed by atoms with Crippen molar-refractivity contribution in [2.75, 3.05) is 23.7 Å². The van der Waals surface area contributed by atoms with Gasteiger partial charge in [0.1, 0.15) is 17.4 Å². The smallest absolute Gasteiger partial charge is 0.225 e. The molecule has 2 aromatic heterocycles. The van der Waals surface area contributed by atoms with Gasteiger partial charge >= 0.3 is 0 Å².